The zero-order chi connectivity index (χ0) is 73.6. The number of nitrogens with zero attached hydrogens (tertiary/aromatic N) is 2. The van der Waals surface area contributed by atoms with Crippen molar-refractivity contribution in [3.63, 3.8) is 0 Å². The van der Waals surface area contributed by atoms with Crippen LogP contribution in [0, 0.1) is 0 Å². The lowest BCUT2D eigenvalue weighted by atomic mass is 10.0. The highest BCUT2D eigenvalue weighted by atomic mass is 79.9. The molecule has 2 aliphatic heterocycles. The lowest BCUT2D eigenvalue weighted by Crippen LogP contribution is -3.00. The van der Waals surface area contributed by atoms with E-state index in [4.69, 9.17) is 9.97 Å². The first-order valence-electron chi connectivity index (χ1n) is 42.8. The highest BCUT2D eigenvalue weighted by Gasteiger charge is 2.40. The number of nitrogens with one attached hydrogen (secondary N) is 2. The van der Waals surface area contributed by atoms with Crippen LogP contribution in [0.5, 0.6) is 0 Å². The summed E-state index contributed by atoms with van der Waals surface area (Å²) >= 11 is 0. The van der Waals surface area contributed by atoms with Gasteiger partial charge >= 0.3 is 0 Å². The van der Waals surface area contributed by atoms with Crippen molar-refractivity contribution in [3.8, 4) is 44.5 Å². The number of hydrogen-bond donors (Lipinski definition) is 2. The van der Waals surface area contributed by atoms with Crippen LogP contribution in [0.25, 0.3) is 90.9 Å². The van der Waals surface area contributed by atoms with E-state index >= 15 is 0 Å². The Morgan fingerprint density at radius 3 is 0.500 bits per heavy atom. The molecule has 2 N–H and O–H groups in total. The van der Waals surface area contributed by atoms with Gasteiger partial charge in [-0.1, -0.05) is 257 Å². The van der Waals surface area contributed by atoms with Gasteiger partial charge in [0.15, 0.2) is 0 Å². The van der Waals surface area contributed by atoms with E-state index in [0.717, 1.165) is 67.1 Å². The fourth-order valence-electron chi connectivity index (χ4n) is 17.3. The van der Waals surface area contributed by atoms with Gasteiger partial charge in [0.05, 0.1) is 121 Å². The van der Waals surface area contributed by atoms with E-state index < -0.39 is 29.0 Å². The van der Waals surface area contributed by atoms with Crippen LogP contribution in [0.4, 0.5) is 0 Å². The van der Waals surface area contributed by atoms with Gasteiger partial charge in [0, 0.05) is 73.4 Å². The van der Waals surface area contributed by atoms with E-state index in [-0.39, 0.29) is 67.9 Å². The van der Waals surface area contributed by atoms with Crippen LogP contribution in [0.15, 0.2) is 121 Å². The van der Waals surface area contributed by atoms with Gasteiger partial charge in [-0.3, -0.25) is 0 Å². The third kappa shape index (κ3) is 26.6. The number of rotatable bonds is 48. The van der Waals surface area contributed by atoms with Crippen molar-refractivity contribution in [1.29, 1.82) is 0 Å². The molecule has 8 bridgehead atoms. The molecule has 0 saturated carbocycles. The van der Waals surface area contributed by atoms with Crippen molar-refractivity contribution in [3.05, 3.63) is 166 Å². The molecule has 0 radical (unpaired) electrons. The molecule has 2 aliphatic rings. The predicted octanol–water partition coefficient (Wildman–Crippen LogP) is 19.0. The average Bonchev–Trinajstić information content (AvgIpc) is 1.60. The van der Waals surface area contributed by atoms with Gasteiger partial charge < -0.3 is 77.9 Å². The maximum absolute atomic E-state index is 5.92. The van der Waals surface area contributed by atoms with Crippen molar-refractivity contribution >= 4 is 75.4 Å². The number of aromatic nitrogens is 4. The molecule has 3 aromatic heterocycles. The second-order valence-corrected chi connectivity index (χ2v) is 49.6. The maximum Gasteiger partial charge on any atom is 0.0842 e. The molecule has 7 aromatic rings. The fourth-order valence-corrected chi connectivity index (χ4v) is 37.7. The van der Waals surface area contributed by atoms with Crippen molar-refractivity contribution < 1.29 is 67.9 Å². The Bertz CT molecular complexity index is 3360. The lowest BCUT2D eigenvalue weighted by Gasteiger charge is -2.28. The van der Waals surface area contributed by atoms with E-state index in [9.17, 15) is 0 Å². The smallest absolute Gasteiger partial charge is 0.0842 e. The van der Waals surface area contributed by atoms with Gasteiger partial charge in [-0.2, -0.15) is 0 Å². The Morgan fingerprint density at radius 1 is 0.213 bits per heavy atom. The Kier molecular flexibility index (Phi) is 44.1. The van der Waals surface area contributed by atoms with E-state index in [1.165, 1.54) is 297 Å². The molecule has 594 valence electrons. The van der Waals surface area contributed by atoms with E-state index in [1.54, 1.807) is 0 Å². The molecule has 0 amide bonds. The van der Waals surface area contributed by atoms with Crippen molar-refractivity contribution in [1.82, 2.24) is 19.9 Å². The third-order valence-corrected chi connectivity index (χ3v) is 43.0. The first-order valence-corrected chi connectivity index (χ1v) is 52.9. The Morgan fingerprint density at radius 2 is 0.361 bits per heavy atom. The highest BCUT2D eigenvalue weighted by molar-refractivity contribution is 7.76. The summed E-state index contributed by atoms with van der Waals surface area (Å²) in [4.78, 5) is 20.2. The number of halogens is 4. The largest absolute Gasteiger partial charge is 1.00 e. The molecule has 0 fully saturated rings. The summed E-state index contributed by atoms with van der Waals surface area (Å²) in [5.41, 5.74) is 23.6. The monoisotopic (exact) mass is 1790 g/mol. The number of hydrogen-bond acceptors (Lipinski definition) is 2. The van der Waals surface area contributed by atoms with Gasteiger partial charge in [-0.25, -0.2) is 9.97 Å². The number of aromatic amines is 2. The van der Waals surface area contributed by atoms with Gasteiger partial charge in [-0.05, 0) is 170 Å². The number of benzene rings is 4. The second-order valence-electron chi connectivity index (χ2n) is 32.2. The summed E-state index contributed by atoms with van der Waals surface area (Å²) in [6.07, 6.45) is 62.8. The number of H-pyrrole nitrogens is 2. The first-order chi connectivity index (χ1) is 50.8. The molecule has 4 nitrogen and oxygen atoms in total. The molecular weight excluding hydrogens is 1650 g/mol. The molecule has 0 spiro atoms. The second kappa shape index (κ2) is 49.8. The molecule has 0 saturated heterocycles. The Hall–Kier alpha value is -2.88. The normalized spacial score (nSPS) is 12.3. The minimum atomic E-state index is -1.18. The molecule has 0 atom stereocenters. The molecule has 9 rings (SSSR count). The van der Waals surface area contributed by atoms with Crippen LogP contribution in [0.2, 0.25) is 0 Å². The van der Waals surface area contributed by atoms with Crippen LogP contribution in [-0.2, 0) is 24.6 Å². The van der Waals surface area contributed by atoms with Crippen LogP contribution in [0.1, 0.15) is 282 Å². The summed E-state index contributed by atoms with van der Waals surface area (Å²) in [7, 11) is -4.72. The maximum atomic E-state index is 5.92. The van der Waals surface area contributed by atoms with Crippen molar-refractivity contribution in [2.24, 2.45) is 0 Å². The summed E-state index contributed by atoms with van der Waals surface area (Å²) in [5.74, 6) is 0. The quantitative estimate of drug-likeness (QED) is 0.0374. The SMILES string of the molecule is CCCC[P+](CCCC)(CCCC)Cc1ccc(-c2c3nc(c(-c4ccc(C[P+](CCCC)(CCCC)CCCC)cc4)c4ccc([nH]4)c(-c4ccc(C[P+](CCCC)(CCCC)CCCC)cc4)c4nc(c(-c5ccc(C[P+](CCCC)(CCCC)CCCC)cc5)c5ccc2[nH]5)C=C4)C=C3)cc1.[Br-].[Br-].[Br-].[Br-]. The van der Waals surface area contributed by atoms with Crippen molar-refractivity contribution in [2.75, 3.05) is 73.9 Å². The Labute approximate surface area is 703 Å². The fraction of sp³-hybridized carbons (Fsp3) is 0.542. The summed E-state index contributed by atoms with van der Waals surface area (Å²) < 4.78 is 0. The summed E-state index contributed by atoms with van der Waals surface area (Å²) in [6.45, 7) is 28.7. The van der Waals surface area contributed by atoms with Gasteiger partial charge in [-0.15, -0.1) is 0 Å². The van der Waals surface area contributed by atoms with Gasteiger partial charge in [0.2, 0.25) is 0 Å². The summed E-state index contributed by atoms with van der Waals surface area (Å²) in [6, 6.07) is 49.0. The first kappa shape index (κ1) is 95.7. The minimum Gasteiger partial charge on any atom is -1.00 e. The molecule has 12 heteroatoms. The topological polar surface area (TPSA) is 57.4 Å². The zero-order valence-electron chi connectivity index (χ0n) is 69.3. The highest BCUT2D eigenvalue weighted by Crippen LogP contribution is 2.66. The predicted molar refractivity (Wildman–Crippen MR) is 480 cm³/mol. The number of fused-ring (bicyclic) bond motifs is 8. The molecule has 4 aromatic carbocycles. The molecular formula is C96H142Br4N4P4. The summed E-state index contributed by atoms with van der Waals surface area (Å²) in [5, 5.41) is 0. The van der Waals surface area contributed by atoms with Crippen LogP contribution in [0.3, 0.4) is 0 Å². The van der Waals surface area contributed by atoms with Gasteiger partial charge in [0.1, 0.15) is 0 Å². The van der Waals surface area contributed by atoms with Gasteiger partial charge in [0.25, 0.3) is 0 Å². The molecule has 5 heterocycles. The molecule has 0 aliphatic carbocycles. The Balaban J connectivity index is 0.00000523. The average molecular weight is 1800 g/mol. The van der Waals surface area contributed by atoms with E-state index in [2.05, 4.69) is 239 Å². The van der Waals surface area contributed by atoms with Crippen LogP contribution in [-0.4, -0.2) is 93.9 Å². The molecule has 108 heavy (non-hydrogen) atoms. The third-order valence-electron chi connectivity index (χ3n) is 23.6. The standard InChI is InChI=1S/C96H142N4P4.4BrH/c1-13-25-61-101(62-26-14-2,63-27-15-3)73-77-37-45-81(46-38-77)93-85-53-55-87(97-85)94(82-47-39-78(40-48-82)74-102(64-28-16-4,65-29-17-5)66-30-18-6)89-57-59-91(99-89)96(84-51-43-80(44-52-84)76-104(70-34-22-10,71-35-23-11)72-36-24-12)92-60-58-90(100-92)95(88-56-54-86(93)98-88)83-49-41-79(42-50-83)75-103(67-31-19-7,68-32-20-8)69-33-21-9;;;;/h37-60,97,100H,13-36,61-76H2,1-12H3;4*1H/q+4;;;;/p-4. The van der Waals surface area contributed by atoms with Crippen molar-refractivity contribution in [2.45, 2.75) is 262 Å². The zero-order valence-corrected chi connectivity index (χ0v) is 79.3. The van der Waals surface area contributed by atoms with E-state index in [1.807, 2.05) is 0 Å². The minimum absolute atomic E-state index is 0. The van der Waals surface area contributed by atoms with E-state index in [0.29, 0.717) is 0 Å². The van der Waals surface area contributed by atoms with Crippen LogP contribution < -0.4 is 67.9 Å². The van der Waals surface area contributed by atoms with Crippen LogP contribution >= 0.6 is 29.0 Å². The lowest BCUT2D eigenvalue weighted by molar-refractivity contribution is -0.001000. The molecule has 0 unspecified atom stereocenters. The number of unbranched alkanes of at least 4 members (excludes halogenated alkanes) is 12.